The molecule has 2 rings (SSSR count). The number of benzene rings is 1. The lowest BCUT2D eigenvalue weighted by Crippen LogP contribution is -2.45. The van der Waals surface area contributed by atoms with Gasteiger partial charge in [0.25, 0.3) is 0 Å². The molecule has 4 nitrogen and oxygen atoms in total. The summed E-state index contributed by atoms with van der Waals surface area (Å²) in [7, 11) is 0. The van der Waals surface area contributed by atoms with Crippen molar-refractivity contribution in [2.45, 2.75) is 45.7 Å². The second-order valence-corrected chi connectivity index (χ2v) is 5.45. The van der Waals surface area contributed by atoms with Crippen LogP contribution in [0.2, 0.25) is 0 Å². The molecule has 2 atom stereocenters. The van der Waals surface area contributed by atoms with Crippen LogP contribution in [-0.4, -0.2) is 29.9 Å². The molecule has 1 aliphatic rings. The van der Waals surface area contributed by atoms with Gasteiger partial charge in [0.1, 0.15) is 0 Å². The average molecular weight is 275 g/mol. The van der Waals surface area contributed by atoms with Gasteiger partial charge in [0.05, 0.1) is 6.04 Å². The topological polar surface area (TPSA) is 58.4 Å². The molecule has 0 radical (unpaired) electrons. The number of hydrogen-bond donors (Lipinski definition) is 2. The number of nitrogens with two attached hydrogens (primary N) is 1. The third-order valence-corrected chi connectivity index (χ3v) is 4.14. The van der Waals surface area contributed by atoms with Gasteiger partial charge in [-0.3, -0.25) is 10.1 Å². The maximum absolute atomic E-state index is 12.3. The second kappa shape index (κ2) is 6.27. The molecule has 110 valence electrons. The minimum atomic E-state index is -0.150. The van der Waals surface area contributed by atoms with Crippen molar-refractivity contribution in [3.05, 3.63) is 29.3 Å². The van der Waals surface area contributed by atoms with Gasteiger partial charge < -0.3 is 10.6 Å². The third-order valence-electron chi connectivity index (χ3n) is 4.14. The Morgan fingerprint density at radius 2 is 2.15 bits per heavy atom. The molecule has 4 heteroatoms. The number of carbonyl (C=O) groups is 1. The van der Waals surface area contributed by atoms with Crippen molar-refractivity contribution in [3.8, 4) is 0 Å². The Labute approximate surface area is 121 Å². The number of fused-ring (bicyclic) bond motifs is 1. The highest BCUT2D eigenvalue weighted by Crippen LogP contribution is 2.32. The van der Waals surface area contributed by atoms with Crippen LogP contribution in [0.3, 0.4) is 0 Å². The summed E-state index contributed by atoms with van der Waals surface area (Å²) in [5, 5.41) is 3.47. The van der Waals surface area contributed by atoms with E-state index in [1.54, 1.807) is 0 Å². The van der Waals surface area contributed by atoms with E-state index >= 15 is 0 Å². The first-order valence-electron chi connectivity index (χ1n) is 7.49. The lowest BCUT2D eigenvalue weighted by Gasteiger charge is -2.26. The first-order valence-corrected chi connectivity index (χ1v) is 7.49. The first kappa shape index (κ1) is 14.9. The Morgan fingerprint density at radius 3 is 2.80 bits per heavy atom. The molecule has 1 amide bonds. The summed E-state index contributed by atoms with van der Waals surface area (Å²) < 4.78 is 0. The summed E-state index contributed by atoms with van der Waals surface area (Å²) >= 11 is 0. The molecular weight excluding hydrogens is 250 g/mol. The monoisotopic (exact) mass is 275 g/mol. The van der Waals surface area contributed by atoms with Crippen molar-refractivity contribution in [1.82, 2.24) is 10.2 Å². The normalized spacial score (nSPS) is 18.6. The Kier molecular flexibility index (Phi) is 4.65. The molecule has 3 N–H and O–H groups in total. The van der Waals surface area contributed by atoms with E-state index < -0.39 is 0 Å². The van der Waals surface area contributed by atoms with E-state index in [9.17, 15) is 4.79 Å². The molecule has 0 saturated carbocycles. The van der Waals surface area contributed by atoms with Gasteiger partial charge in [-0.05, 0) is 56.9 Å². The minimum absolute atomic E-state index is 0.150. The first-order chi connectivity index (χ1) is 9.56. The summed E-state index contributed by atoms with van der Waals surface area (Å²) in [6, 6.07) is 6.19. The van der Waals surface area contributed by atoms with E-state index in [-0.39, 0.29) is 18.0 Å². The van der Waals surface area contributed by atoms with Gasteiger partial charge in [-0.2, -0.15) is 0 Å². The fraction of sp³-hybridized carbons (Fsp3) is 0.562. The Hall–Kier alpha value is -1.55. The van der Waals surface area contributed by atoms with Crippen LogP contribution in [-0.2, 0) is 11.2 Å². The number of likely N-dealkylation sites (N-methyl/N-ethyl adjacent to an activating group) is 1. The standard InChI is InChI=1S/C16H25N3O/c1-4-19(5-2)16(20)11(3)18-15-9-6-12-10-13(17)7-8-14(12)15/h7-8,10-11,15,18H,4-6,9,17H2,1-3H3. The number of hydrogen-bond acceptors (Lipinski definition) is 3. The van der Waals surface area contributed by atoms with Crippen LogP contribution in [0.5, 0.6) is 0 Å². The average Bonchev–Trinajstić information content (AvgIpc) is 2.82. The van der Waals surface area contributed by atoms with E-state index in [4.69, 9.17) is 5.73 Å². The summed E-state index contributed by atoms with van der Waals surface area (Å²) in [4.78, 5) is 14.2. The lowest BCUT2D eigenvalue weighted by molar-refractivity contribution is -0.132. The van der Waals surface area contributed by atoms with Crippen LogP contribution in [0.1, 0.15) is 44.4 Å². The quantitative estimate of drug-likeness (QED) is 0.809. The van der Waals surface area contributed by atoms with Crippen LogP contribution in [0.15, 0.2) is 18.2 Å². The van der Waals surface area contributed by atoms with Gasteiger partial charge in [0.2, 0.25) is 5.91 Å². The predicted molar refractivity (Wildman–Crippen MR) is 82.4 cm³/mol. The van der Waals surface area contributed by atoms with Crippen molar-refractivity contribution >= 4 is 11.6 Å². The number of carbonyl (C=O) groups excluding carboxylic acids is 1. The molecule has 1 aromatic carbocycles. The molecule has 0 saturated heterocycles. The number of nitrogens with zero attached hydrogens (tertiary/aromatic N) is 1. The van der Waals surface area contributed by atoms with E-state index in [0.29, 0.717) is 0 Å². The summed E-state index contributed by atoms with van der Waals surface area (Å²) in [5.41, 5.74) is 9.24. The van der Waals surface area contributed by atoms with Crippen LogP contribution >= 0.6 is 0 Å². The maximum Gasteiger partial charge on any atom is 0.239 e. The second-order valence-electron chi connectivity index (χ2n) is 5.45. The van der Waals surface area contributed by atoms with Gasteiger partial charge in [0.15, 0.2) is 0 Å². The van der Waals surface area contributed by atoms with Gasteiger partial charge in [-0.25, -0.2) is 0 Å². The Morgan fingerprint density at radius 1 is 1.45 bits per heavy atom. The van der Waals surface area contributed by atoms with Gasteiger partial charge >= 0.3 is 0 Å². The smallest absolute Gasteiger partial charge is 0.239 e. The zero-order valence-electron chi connectivity index (χ0n) is 12.6. The van der Waals surface area contributed by atoms with E-state index in [1.807, 2.05) is 37.8 Å². The third kappa shape index (κ3) is 2.96. The van der Waals surface area contributed by atoms with Crippen molar-refractivity contribution in [2.24, 2.45) is 0 Å². The maximum atomic E-state index is 12.3. The van der Waals surface area contributed by atoms with Crippen molar-refractivity contribution in [3.63, 3.8) is 0 Å². The van der Waals surface area contributed by atoms with Gasteiger partial charge in [-0.15, -0.1) is 0 Å². The Balaban J connectivity index is 2.04. The number of aryl methyl sites for hydroxylation is 1. The molecular formula is C16H25N3O. The Bertz CT molecular complexity index is 483. The lowest BCUT2D eigenvalue weighted by atomic mass is 10.1. The molecule has 0 fully saturated rings. The summed E-state index contributed by atoms with van der Waals surface area (Å²) in [6.45, 7) is 7.51. The van der Waals surface area contributed by atoms with Crippen LogP contribution in [0.25, 0.3) is 0 Å². The SMILES string of the molecule is CCN(CC)C(=O)C(C)NC1CCc2cc(N)ccc21. The van der Waals surface area contributed by atoms with E-state index in [1.165, 1.54) is 11.1 Å². The molecule has 1 aliphatic carbocycles. The van der Waals surface area contributed by atoms with Crippen LogP contribution in [0, 0.1) is 0 Å². The molecule has 0 spiro atoms. The predicted octanol–water partition coefficient (Wildman–Crippen LogP) is 2.10. The van der Waals surface area contributed by atoms with Crippen LogP contribution < -0.4 is 11.1 Å². The summed E-state index contributed by atoms with van der Waals surface area (Å²) in [5.74, 6) is 0.180. The highest BCUT2D eigenvalue weighted by molar-refractivity contribution is 5.81. The molecule has 0 bridgehead atoms. The van der Waals surface area contributed by atoms with Gasteiger partial charge in [-0.1, -0.05) is 6.07 Å². The summed E-state index contributed by atoms with van der Waals surface area (Å²) in [6.07, 6.45) is 2.07. The number of rotatable bonds is 5. The fourth-order valence-electron chi connectivity index (χ4n) is 2.99. The fourth-order valence-corrected chi connectivity index (χ4v) is 2.99. The highest BCUT2D eigenvalue weighted by Gasteiger charge is 2.27. The molecule has 20 heavy (non-hydrogen) atoms. The number of nitrogen functional groups attached to an aromatic ring is 1. The van der Waals surface area contributed by atoms with Crippen molar-refractivity contribution < 1.29 is 4.79 Å². The molecule has 0 aromatic heterocycles. The number of anilines is 1. The molecule has 2 unspecified atom stereocenters. The largest absolute Gasteiger partial charge is 0.399 e. The zero-order chi connectivity index (χ0) is 14.7. The zero-order valence-corrected chi connectivity index (χ0v) is 12.6. The van der Waals surface area contributed by atoms with Crippen LogP contribution in [0.4, 0.5) is 5.69 Å². The van der Waals surface area contributed by atoms with Gasteiger partial charge in [0, 0.05) is 24.8 Å². The number of amides is 1. The molecule has 0 aliphatic heterocycles. The van der Waals surface area contributed by atoms with E-state index in [0.717, 1.165) is 31.6 Å². The van der Waals surface area contributed by atoms with Crippen molar-refractivity contribution in [1.29, 1.82) is 0 Å². The van der Waals surface area contributed by atoms with E-state index in [2.05, 4.69) is 11.4 Å². The molecule has 0 heterocycles. The minimum Gasteiger partial charge on any atom is -0.399 e. The molecule has 1 aromatic rings. The highest BCUT2D eigenvalue weighted by atomic mass is 16.2. The van der Waals surface area contributed by atoms with Crippen molar-refractivity contribution in [2.75, 3.05) is 18.8 Å². The number of nitrogens with one attached hydrogen (secondary N) is 1.